The highest BCUT2D eigenvalue weighted by Crippen LogP contribution is 2.27. The van der Waals surface area contributed by atoms with Crippen molar-refractivity contribution in [3.05, 3.63) is 17.5 Å². The van der Waals surface area contributed by atoms with Gasteiger partial charge in [-0.25, -0.2) is 0 Å². The molecule has 0 bridgehead atoms. The minimum Gasteiger partial charge on any atom is -0.389 e. The summed E-state index contributed by atoms with van der Waals surface area (Å²) < 4.78 is 1.90. The Morgan fingerprint density at radius 2 is 2.11 bits per heavy atom. The summed E-state index contributed by atoms with van der Waals surface area (Å²) in [4.78, 5) is 2.46. The minimum atomic E-state index is -0.566. The van der Waals surface area contributed by atoms with Crippen molar-refractivity contribution in [1.82, 2.24) is 14.7 Å². The second kappa shape index (κ2) is 5.63. The molecule has 1 aliphatic rings. The van der Waals surface area contributed by atoms with Crippen LogP contribution in [0.1, 0.15) is 44.5 Å². The predicted molar refractivity (Wildman–Crippen MR) is 77.2 cm³/mol. The predicted octanol–water partition coefficient (Wildman–Crippen LogP) is 1.90. The zero-order valence-corrected chi connectivity index (χ0v) is 12.7. The Morgan fingerprint density at radius 1 is 1.37 bits per heavy atom. The SMILES string of the molecule is Cc1cc(CC2(O)CCCN(C(C)C)CC2)n(C)n1. The highest BCUT2D eigenvalue weighted by molar-refractivity contribution is 5.11. The van der Waals surface area contributed by atoms with Crippen LogP contribution >= 0.6 is 0 Å². The van der Waals surface area contributed by atoms with E-state index in [1.165, 1.54) is 0 Å². The monoisotopic (exact) mass is 265 g/mol. The van der Waals surface area contributed by atoms with Gasteiger partial charge in [0.05, 0.1) is 11.3 Å². The summed E-state index contributed by atoms with van der Waals surface area (Å²) in [6.45, 7) is 8.56. The first-order valence-electron chi connectivity index (χ1n) is 7.35. The minimum absolute atomic E-state index is 0.566. The fourth-order valence-corrected chi connectivity index (χ4v) is 3.06. The molecule has 0 saturated carbocycles. The number of likely N-dealkylation sites (tertiary alicyclic amines) is 1. The van der Waals surface area contributed by atoms with E-state index in [1.54, 1.807) is 0 Å². The molecule has 1 atom stereocenters. The van der Waals surface area contributed by atoms with Gasteiger partial charge in [0.2, 0.25) is 0 Å². The zero-order chi connectivity index (χ0) is 14.0. The van der Waals surface area contributed by atoms with Gasteiger partial charge in [0.15, 0.2) is 0 Å². The molecule has 0 aliphatic carbocycles. The summed E-state index contributed by atoms with van der Waals surface area (Å²) in [5, 5.41) is 15.2. The van der Waals surface area contributed by atoms with Crippen molar-refractivity contribution in [2.24, 2.45) is 7.05 Å². The smallest absolute Gasteiger partial charge is 0.0715 e. The molecule has 1 unspecified atom stereocenters. The summed E-state index contributed by atoms with van der Waals surface area (Å²) in [6.07, 6.45) is 3.54. The average molecular weight is 265 g/mol. The molecule has 108 valence electrons. The highest BCUT2D eigenvalue weighted by Gasteiger charge is 2.31. The van der Waals surface area contributed by atoms with Crippen LogP contribution in [0.15, 0.2) is 6.07 Å². The maximum atomic E-state index is 10.9. The van der Waals surface area contributed by atoms with E-state index < -0.39 is 5.60 Å². The summed E-state index contributed by atoms with van der Waals surface area (Å²) in [5.41, 5.74) is 1.60. The van der Waals surface area contributed by atoms with Crippen LogP contribution < -0.4 is 0 Å². The Labute approximate surface area is 116 Å². The van der Waals surface area contributed by atoms with Gasteiger partial charge in [-0.2, -0.15) is 5.10 Å². The van der Waals surface area contributed by atoms with E-state index in [0.29, 0.717) is 6.04 Å². The molecule has 1 aromatic rings. The molecular weight excluding hydrogens is 238 g/mol. The third-order valence-corrected chi connectivity index (χ3v) is 4.29. The van der Waals surface area contributed by atoms with E-state index in [-0.39, 0.29) is 0 Å². The summed E-state index contributed by atoms with van der Waals surface area (Å²) >= 11 is 0. The molecule has 0 amide bonds. The summed E-state index contributed by atoms with van der Waals surface area (Å²) in [7, 11) is 1.96. The van der Waals surface area contributed by atoms with Gasteiger partial charge in [0.25, 0.3) is 0 Å². The van der Waals surface area contributed by atoms with Gasteiger partial charge in [-0.1, -0.05) is 0 Å². The molecule has 1 aliphatic heterocycles. The Morgan fingerprint density at radius 3 is 2.68 bits per heavy atom. The molecular formula is C15H27N3O. The van der Waals surface area contributed by atoms with Gasteiger partial charge in [0, 0.05) is 31.7 Å². The largest absolute Gasteiger partial charge is 0.389 e. The van der Waals surface area contributed by atoms with E-state index in [0.717, 1.165) is 50.2 Å². The Kier molecular flexibility index (Phi) is 4.31. The van der Waals surface area contributed by atoms with Crippen LogP contribution in [0.3, 0.4) is 0 Å². The molecule has 2 heterocycles. The molecule has 4 nitrogen and oxygen atoms in total. The van der Waals surface area contributed by atoms with E-state index in [2.05, 4.69) is 29.9 Å². The maximum absolute atomic E-state index is 10.9. The molecule has 2 rings (SSSR count). The molecule has 1 saturated heterocycles. The van der Waals surface area contributed by atoms with Crippen LogP contribution in [-0.2, 0) is 13.5 Å². The van der Waals surface area contributed by atoms with Gasteiger partial charge < -0.3 is 10.0 Å². The lowest BCUT2D eigenvalue weighted by atomic mass is 9.89. The van der Waals surface area contributed by atoms with E-state index in [9.17, 15) is 5.11 Å². The number of hydrogen-bond acceptors (Lipinski definition) is 3. The van der Waals surface area contributed by atoms with Crippen LogP contribution in [0.2, 0.25) is 0 Å². The number of aryl methyl sites for hydroxylation is 2. The van der Waals surface area contributed by atoms with Crippen LogP contribution in [-0.4, -0.2) is 44.5 Å². The summed E-state index contributed by atoms with van der Waals surface area (Å²) in [5.74, 6) is 0. The van der Waals surface area contributed by atoms with E-state index >= 15 is 0 Å². The van der Waals surface area contributed by atoms with Gasteiger partial charge in [-0.15, -0.1) is 0 Å². The zero-order valence-electron chi connectivity index (χ0n) is 12.7. The van der Waals surface area contributed by atoms with E-state index in [4.69, 9.17) is 0 Å². The number of hydrogen-bond donors (Lipinski definition) is 1. The molecule has 19 heavy (non-hydrogen) atoms. The quantitative estimate of drug-likeness (QED) is 0.907. The topological polar surface area (TPSA) is 41.3 Å². The normalized spacial score (nSPS) is 25.8. The van der Waals surface area contributed by atoms with Crippen LogP contribution in [0.25, 0.3) is 0 Å². The van der Waals surface area contributed by atoms with Gasteiger partial charge >= 0.3 is 0 Å². The van der Waals surface area contributed by atoms with Crippen molar-refractivity contribution in [3.63, 3.8) is 0 Å². The fourth-order valence-electron chi connectivity index (χ4n) is 3.06. The molecule has 0 radical (unpaired) electrons. The first kappa shape index (κ1) is 14.5. The molecule has 1 aromatic heterocycles. The van der Waals surface area contributed by atoms with Gasteiger partial charge in [-0.05, 0) is 52.6 Å². The second-order valence-electron chi connectivity index (χ2n) is 6.29. The lowest BCUT2D eigenvalue weighted by Crippen LogP contribution is -2.36. The van der Waals surface area contributed by atoms with Crippen LogP contribution in [0, 0.1) is 6.92 Å². The van der Waals surface area contributed by atoms with Crippen molar-refractivity contribution < 1.29 is 5.11 Å². The molecule has 1 N–H and O–H groups in total. The number of nitrogens with zero attached hydrogens (tertiary/aromatic N) is 3. The Bertz CT molecular complexity index is 427. The first-order chi connectivity index (χ1) is 8.89. The average Bonchev–Trinajstić information content (AvgIpc) is 2.51. The van der Waals surface area contributed by atoms with Crippen molar-refractivity contribution in [2.45, 2.75) is 58.1 Å². The highest BCUT2D eigenvalue weighted by atomic mass is 16.3. The summed E-state index contributed by atoms with van der Waals surface area (Å²) in [6, 6.07) is 2.66. The number of aliphatic hydroxyl groups is 1. The third-order valence-electron chi connectivity index (χ3n) is 4.29. The van der Waals surface area contributed by atoms with Crippen molar-refractivity contribution in [2.75, 3.05) is 13.1 Å². The standard InChI is InChI=1S/C15H27N3O/c1-12(2)18-8-5-6-15(19,7-9-18)11-14-10-13(3)16-17(14)4/h10,12,19H,5-9,11H2,1-4H3. The Hall–Kier alpha value is -0.870. The number of rotatable bonds is 3. The lowest BCUT2D eigenvalue weighted by Gasteiger charge is -2.28. The third kappa shape index (κ3) is 3.57. The molecule has 1 fully saturated rings. The lowest BCUT2D eigenvalue weighted by molar-refractivity contribution is 0.0232. The van der Waals surface area contributed by atoms with Crippen LogP contribution in [0.5, 0.6) is 0 Å². The first-order valence-corrected chi connectivity index (χ1v) is 7.35. The van der Waals surface area contributed by atoms with E-state index in [1.807, 2.05) is 18.7 Å². The fraction of sp³-hybridized carbons (Fsp3) is 0.800. The number of aromatic nitrogens is 2. The van der Waals surface area contributed by atoms with Crippen molar-refractivity contribution >= 4 is 0 Å². The second-order valence-corrected chi connectivity index (χ2v) is 6.29. The molecule has 0 aromatic carbocycles. The molecule has 4 heteroatoms. The van der Waals surface area contributed by atoms with Gasteiger partial charge in [-0.3, -0.25) is 4.68 Å². The van der Waals surface area contributed by atoms with Crippen molar-refractivity contribution in [1.29, 1.82) is 0 Å². The van der Waals surface area contributed by atoms with Crippen molar-refractivity contribution in [3.8, 4) is 0 Å². The maximum Gasteiger partial charge on any atom is 0.0715 e. The van der Waals surface area contributed by atoms with Crippen LogP contribution in [0.4, 0.5) is 0 Å². The molecule has 0 spiro atoms. The Balaban J connectivity index is 2.04. The van der Waals surface area contributed by atoms with Gasteiger partial charge in [0.1, 0.15) is 0 Å².